The number of benzene rings is 1. The van der Waals surface area contributed by atoms with E-state index in [1.807, 2.05) is 18.2 Å². The molecule has 0 spiro atoms. The van der Waals surface area contributed by atoms with Gasteiger partial charge in [0.15, 0.2) is 0 Å². The van der Waals surface area contributed by atoms with E-state index in [1.165, 1.54) is 12.1 Å². The zero-order valence-electron chi connectivity index (χ0n) is 14.0. The monoisotopic (exact) mass is 372 g/mol. The molecule has 134 valence electrons. The summed E-state index contributed by atoms with van der Waals surface area (Å²) in [7, 11) is 0. The van der Waals surface area contributed by atoms with Crippen LogP contribution in [-0.4, -0.2) is 16.9 Å². The molecule has 1 saturated carbocycles. The molecule has 1 amide bonds. The number of hydrogen-bond donors (Lipinski definition) is 2. The minimum absolute atomic E-state index is 0.000290. The van der Waals surface area contributed by atoms with Gasteiger partial charge in [-0.25, -0.2) is 4.39 Å². The van der Waals surface area contributed by atoms with Crippen molar-refractivity contribution in [2.24, 2.45) is 0 Å². The van der Waals surface area contributed by atoms with Gasteiger partial charge in [-0.3, -0.25) is 9.59 Å². The average Bonchev–Trinajstić information content (AvgIpc) is 3.37. The normalized spacial score (nSPS) is 20.3. The van der Waals surface area contributed by atoms with Crippen LogP contribution in [0, 0.1) is 5.82 Å². The molecule has 2 N–H and O–H groups in total. The molecule has 1 aliphatic carbocycles. The largest absolute Gasteiger partial charge is 0.350 e. The lowest BCUT2D eigenvalue weighted by atomic mass is 9.98. The van der Waals surface area contributed by atoms with Gasteiger partial charge in [0.2, 0.25) is 5.91 Å². The highest BCUT2D eigenvalue weighted by Crippen LogP contribution is 2.38. The second kappa shape index (κ2) is 6.72. The third-order valence-corrected chi connectivity index (χ3v) is 5.16. The van der Waals surface area contributed by atoms with Gasteiger partial charge >= 0.3 is 0 Å². The SMILES string of the molecule is O=C1CC[C@H](C=C(c2ccc(F)c(Cl)c2)c2ccc(C3CC3)c(=O)[nH]2)N1. The summed E-state index contributed by atoms with van der Waals surface area (Å²) >= 11 is 5.95. The molecular weight excluding hydrogens is 355 g/mol. The first-order valence-corrected chi connectivity index (χ1v) is 9.09. The fraction of sp³-hybridized carbons (Fsp3) is 0.300. The summed E-state index contributed by atoms with van der Waals surface area (Å²) in [6.45, 7) is 0. The van der Waals surface area contributed by atoms with E-state index >= 15 is 0 Å². The Bertz CT molecular complexity index is 963. The van der Waals surface area contributed by atoms with Crippen LogP contribution < -0.4 is 10.9 Å². The molecule has 2 aromatic rings. The van der Waals surface area contributed by atoms with E-state index in [9.17, 15) is 14.0 Å². The summed E-state index contributed by atoms with van der Waals surface area (Å²) in [4.78, 5) is 26.9. The van der Waals surface area contributed by atoms with Crippen LogP contribution in [0.25, 0.3) is 5.57 Å². The Labute approximate surface area is 155 Å². The molecule has 0 unspecified atom stereocenters. The predicted octanol–water partition coefficient (Wildman–Crippen LogP) is 3.76. The van der Waals surface area contributed by atoms with E-state index < -0.39 is 5.82 Å². The van der Waals surface area contributed by atoms with E-state index in [0.717, 1.165) is 24.0 Å². The molecule has 0 radical (unpaired) electrons. The van der Waals surface area contributed by atoms with Crippen molar-refractivity contribution >= 4 is 23.1 Å². The number of H-pyrrole nitrogens is 1. The number of nitrogens with one attached hydrogen (secondary N) is 2. The highest BCUT2D eigenvalue weighted by molar-refractivity contribution is 6.30. The summed E-state index contributed by atoms with van der Waals surface area (Å²) in [5, 5.41) is 2.90. The van der Waals surface area contributed by atoms with Crippen molar-refractivity contribution in [3.8, 4) is 0 Å². The van der Waals surface area contributed by atoms with Gasteiger partial charge in [-0.2, -0.15) is 0 Å². The maximum atomic E-state index is 13.6. The number of carbonyl (C=O) groups excluding carboxylic acids is 1. The van der Waals surface area contributed by atoms with Crippen LogP contribution in [0.2, 0.25) is 5.02 Å². The number of aromatic amines is 1. The summed E-state index contributed by atoms with van der Waals surface area (Å²) < 4.78 is 13.6. The van der Waals surface area contributed by atoms with Crippen molar-refractivity contribution in [3.05, 3.63) is 74.4 Å². The lowest BCUT2D eigenvalue weighted by Crippen LogP contribution is -2.23. The predicted molar refractivity (Wildman–Crippen MR) is 98.7 cm³/mol. The molecule has 2 fully saturated rings. The van der Waals surface area contributed by atoms with Gasteiger partial charge in [0.1, 0.15) is 5.82 Å². The Morgan fingerprint density at radius 2 is 1.96 bits per heavy atom. The molecule has 26 heavy (non-hydrogen) atoms. The lowest BCUT2D eigenvalue weighted by molar-refractivity contribution is -0.119. The van der Waals surface area contributed by atoms with Crippen molar-refractivity contribution < 1.29 is 9.18 Å². The smallest absolute Gasteiger partial charge is 0.251 e. The molecule has 1 atom stereocenters. The van der Waals surface area contributed by atoms with Crippen molar-refractivity contribution in [1.82, 2.24) is 10.3 Å². The first-order valence-electron chi connectivity index (χ1n) is 8.71. The van der Waals surface area contributed by atoms with Crippen molar-refractivity contribution in [1.29, 1.82) is 0 Å². The van der Waals surface area contributed by atoms with Crippen LogP contribution in [0.4, 0.5) is 4.39 Å². The number of hydrogen-bond acceptors (Lipinski definition) is 2. The van der Waals surface area contributed by atoms with E-state index in [0.29, 0.717) is 30.0 Å². The topological polar surface area (TPSA) is 62.0 Å². The fourth-order valence-corrected chi connectivity index (χ4v) is 3.51. The molecule has 2 heterocycles. The Balaban J connectivity index is 1.78. The first kappa shape index (κ1) is 17.0. The van der Waals surface area contributed by atoms with Crippen LogP contribution >= 0.6 is 11.6 Å². The summed E-state index contributed by atoms with van der Waals surface area (Å²) in [6, 6.07) is 8.05. The second-order valence-electron chi connectivity index (χ2n) is 6.85. The standard InChI is InChI=1S/C20H18ClFN2O2/c21-16-9-12(3-6-17(16)22)15(10-13-4-8-19(25)23-13)18-7-5-14(11-1-2-11)20(26)24-18/h3,5-7,9-11,13H,1-2,4,8H2,(H,23,25)(H,24,26)/t13-/m1/s1. The minimum atomic E-state index is -0.499. The van der Waals surface area contributed by atoms with Crippen LogP contribution in [0.15, 0.2) is 41.2 Å². The zero-order valence-corrected chi connectivity index (χ0v) is 14.8. The van der Waals surface area contributed by atoms with Crippen molar-refractivity contribution in [3.63, 3.8) is 0 Å². The van der Waals surface area contributed by atoms with Gasteiger partial charge < -0.3 is 10.3 Å². The van der Waals surface area contributed by atoms with Gasteiger partial charge in [0.05, 0.1) is 5.02 Å². The molecule has 1 aromatic carbocycles. The number of carbonyl (C=O) groups is 1. The molecule has 1 aromatic heterocycles. The van der Waals surface area contributed by atoms with Gasteiger partial charge in [0.25, 0.3) is 5.56 Å². The molecule has 4 nitrogen and oxygen atoms in total. The molecule has 2 aliphatic rings. The number of rotatable bonds is 4. The molecular formula is C20H18ClFN2O2. The van der Waals surface area contributed by atoms with Gasteiger partial charge in [-0.05, 0) is 48.9 Å². The summed E-state index contributed by atoms with van der Waals surface area (Å²) in [6.07, 6.45) is 5.15. The maximum absolute atomic E-state index is 13.6. The highest BCUT2D eigenvalue weighted by atomic mass is 35.5. The summed E-state index contributed by atoms with van der Waals surface area (Å²) in [5.74, 6) is -0.142. The molecule has 4 rings (SSSR count). The quantitative estimate of drug-likeness (QED) is 0.858. The van der Waals surface area contributed by atoms with Crippen LogP contribution in [0.1, 0.15) is 48.4 Å². The Morgan fingerprint density at radius 3 is 2.58 bits per heavy atom. The Morgan fingerprint density at radius 1 is 1.15 bits per heavy atom. The van der Waals surface area contributed by atoms with E-state index in [-0.39, 0.29) is 22.5 Å². The van der Waals surface area contributed by atoms with Gasteiger partial charge in [0, 0.05) is 29.3 Å². The number of halogens is 2. The average molecular weight is 373 g/mol. The Hall–Kier alpha value is -2.40. The van der Waals surface area contributed by atoms with Crippen molar-refractivity contribution in [2.45, 2.75) is 37.6 Å². The molecule has 1 aliphatic heterocycles. The van der Waals surface area contributed by atoms with E-state index in [2.05, 4.69) is 10.3 Å². The maximum Gasteiger partial charge on any atom is 0.251 e. The van der Waals surface area contributed by atoms with E-state index in [1.54, 1.807) is 6.07 Å². The zero-order chi connectivity index (χ0) is 18.3. The van der Waals surface area contributed by atoms with Crippen LogP contribution in [0.3, 0.4) is 0 Å². The molecule has 6 heteroatoms. The number of amides is 1. The third-order valence-electron chi connectivity index (χ3n) is 4.87. The fourth-order valence-electron chi connectivity index (χ4n) is 3.33. The highest BCUT2D eigenvalue weighted by Gasteiger charge is 2.26. The first-order chi connectivity index (χ1) is 12.5. The van der Waals surface area contributed by atoms with Gasteiger partial charge in [-0.1, -0.05) is 29.8 Å². The minimum Gasteiger partial charge on any atom is -0.350 e. The van der Waals surface area contributed by atoms with Crippen LogP contribution in [0.5, 0.6) is 0 Å². The van der Waals surface area contributed by atoms with E-state index in [4.69, 9.17) is 11.6 Å². The second-order valence-corrected chi connectivity index (χ2v) is 7.26. The number of aromatic nitrogens is 1. The third kappa shape index (κ3) is 3.44. The Kier molecular flexibility index (Phi) is 4.41. The summed E-state index contributed by atoms with van der Waals surface area (Å²) in [5.41, 5.74) is 2.74. The van der Waals surface area contributed by atoms with Gasteiger partial charge in [-0.15, -0.1) is 0 Å². The van der Waals surface area contributed by atoms with Crippen LogP contribution in [-0.2, 0) is 4.79 Å². The number of pyridine rings is 1. The van der Waals surface area contributed by atoms with Crippen molar-refractivity contribution in [2.75, 3.05) is 0 Å². The molecule has 1 saturated heterocycles. The lowest BCUT2D eigenvalue weighted by Gasteiger charge is -2.13. The molecule has 0 bridgehead atoms.